The molecule has 200 valence electrons. The molecule has 4 aromatic rings. The normalized spacial score (nSPS) is 11.4. The Morgan fingerprint density at radius 1 is 1.13 bits per heavy atom. The summed E-state index contributed by atoms with van der Waals surface area (Å²) in [5, 5.41) is 15.8. The number of nitrogens with one attached hydrogen (secondary N) is 2. The SMILES string of the molecule is Cc1ccc(NC(=O)c2cccc(C(C)(C)C#N)c2)cc1-c1nc2cc(C(N)=O)sc2nc1NCCN(C)C. The van der Waals surface area contributed by atoms with Crippen LogP contribution < -0.4 is 16.4 Å². The molecule has 0 bridgehead atoms. The van der Waals surface area contributed by atoms with Gasteiger partial charge in [0.1, 0.15) is 16.0 Å². The number of thiophene rings is 1. The van der Waals surface area contributed by atoms with Crippen LogP contribution in [0.25, 0.3) is 21.6 Å². The Morgan fingerprint density at radius 2 is 1.90 bits per heavy atom. The molecule has 0 fully saturated rings. The minimum atomic E-state index is -0.712. The van der Waals surface area contributed by atoms with Gasteiger partial charge in [0.05, 0.1) is 16.4 Å². The second kappa shape index (κ2) is 11.2. The van der Waals surface area contributed by atoms with E-state index in [9.17, 15) is 14.9 Å². The number of anilines is 2. The second-order valence-electron chi connectivity index (χ2n) is 10.1. The summed E-state index contributed by atoms with van der Waals surface area (Å²) < 4.78 is 0. The van der Waals surface area contributed by atoms with Crippen LogP contribution in [0.5, 0.6) is 0 Å². The average molecular weight is 542 g/mol. The third kappa shape index (κ3) is 6.22. The highest BCUT2D eigenvalue weighted by atomic mass is 32.1. The molecule has 0 aliphatic rings. The Labute approximate surface area is 231 Å². The number of benzene rings is 2. The molecule has 2 aromatic heterocycles. The van der Waals surface area contributed by atoms with Gasteiger partial charge in [0.15, 0.2) is 5.82 Å². The van der Waals surface area contributed by atoms with E-state index in [1.54, 1.807) is 24.3 Å². The molecule has 2 heterocycles. The number of aromatic nitrogens is 2. The second-order valence-corrected chi connectivity index (χ2v) is 11.1. The van der Waals surface area contributed by atoms with E-state index in [4.69, 9.17) is 15.7 Å². The molecule has 0 saturated carbocycles. The lowest BCUT2D eigenvalue weighted by Gasteiger charge is -2.17. The first-order valence-corrected chi connectivity index (χ1v) is 13.2. The summed E-state index contributed by atoms with van der Waals surface area (Å²) >= 11 is 1.21. The van der Waals surface area contributed by atoms with Crippen LogP contribution in [-0.2, 0) is 5.41 Å². The van der Waals surface area contributed by atoms with Crippen LogP contribution in [0.2, 0.25) is 0 Å². The van der Waals surface area contributed by atoms with Crippen LogP contribution in [-0.4, -0.2) is 53.9 Å². The van der Waals surface area contributed by atoms with Crippen LogP contribution in [0, 0.1) is 18.3 Å². The van der Waals surface area contributed by atoms with Crippen molar-refractivity contribution in [3.8, 4) is 17.3 Å². The summed E-state index contributed by atoms with van der Waals surface area (Å²) in [5.41, 5.74) is 9.53. The Morgan fingerprint density at radius 3 is 2.59 bits per heavy atom. The molecule has 9 nitrogen and oxygen atoms in total. The molecule has 2 amide bonds. The summed E-state index contributed by atoms with van der Waals surface area (Å²) in [6.07, 6.45) is 0. The fourth-order valence-corrected chi connectivity index (χ4v) is 4.79. The van der Waals surface area contributed by atoms with Crippen molar-refractivity contribution in [1.82, 2.24) is 14.9 Å². The molecule has 39 heavy (non-hydrogen) atoms. The van der Waals surface area contributed by atoms with Crippen molar-refractivity contribution < 1.29 is 9.59 Å². The minimum absolute atomic E-state index is 0.282. The molecule has 0 radical (unpaired) electrons. The van der Waals surface area contributed by atoms with Crippen molar-refractivity contribution in [1.29, 1.82) is 5.26 Å². The van der Waals surface area contributed by atoms with Crippen LogP contribution in [0.3, 0.4) is 0 Å². The van der Waals surface area contributed by atoms with Crippen molar-refractivity contribution >= 4 is 45.0 Å². The first kappa shape index (κ1) is 27.7. The lowest BCUT2D eigenvalue weighted by Crippen LogP contribution is -2.21. The zero-order valence-electron chi connectivity index (χ0n) is 22.6. The van der Waals surface area contributed by atoms with E-state index in [0.29, 0.717) is 44.5 Å². The van der Waals surface area contributed by atoms with Crippen molar-refractivity contribution in [2.45, 2.75) is 26.2 Å². The smallest absolute Gasteiger partial charge is 0.258 e. The van der Waals surface area contributed by atoms with Gasteiger partial charge in [0.25, 0.3) is 11.8 Å². The lowest BCUT2D eigenvalue weighted by molar-refractivity contribution is 0.100. The zero-order valence-corrected chi connectivity index (χ0v) is 23.4. The summed E-state index contributed by atoms with van der Waals surface area (Å²) in [4.78, 5) is 37.6. The predicted molar refractivity (Wildman–Crippen MR) is 156 cm³/mol. The first-order valence-electron chi connectivity index (χ1n) is 12.4. The molecule has 0 atom stereocenters. The predicted octanol–water partition coefficient (Wildman–Crippen LogP) is 4.79. The maximum atomic E-state index is 13.1. The molecule has 0 aliphatic carbocycles. The quantitative estimate of drug-likeness (QED) is 0.277. The highest BCUT2D eigenvalue weighted by Crippen LogP contribution is 2.34. The van der Waals surface area contributed by atoms with Gasteiger partial charge in [0.2, 0.25) is 0 Å². The van der Waals surface area contributed by atoms with Gasteiger partial charge >= 0.3 is 0 Å². The van der Waals surface area contributed by atoms with Crippen LogP contribution in [0.4, 0.5) is 11.5 Å². The van der Waals surface area contributed by atoms with Crippen LogP contribution >= 0.6 is 11.3 Å². The van der Waals surface area contributed by atoms with E-state index in [0.717, 1.165) is 23.2 Å². The lowest BCUT2D eigenvalue weighted by atomic mass is 9.85. The number of hydrogen-bond acceptors (Lipinski definition) is 8. The standard InChI is InChI=1S/C29H31N7O2S/c1-17-9-10-20(33-27(38)18-7-6-8-19(13-18)29(2,3)16-30)14-21(17)24-26(32-11-12-36(4)5)35-28-22(34-24)15-23(39-28)25(31)37/h6-10,13-15H,11-12H2,1-5H3,(H2,31,37)(H,32,35)(H,33,38). The number of nitrogens with zero attached hydrogens (tertiary/aromatic N) is 4. The van der Waals surface area contributed by atoms with E-state index in [2.05, 4.69) is 21.6 Å². The van der Waals surface area contributed by atoms with Gasteiger partial charge < -0.3 is 21.3 Å². The first-order chi connectivity index (χ1) is 18.5. The number of fused-ring (bicyclic) bond motifs is 1. The van der Waals surface area contributed by atoms with Gasteiger partial charge in [-0.05, 0) is 76.3 Å². The summed E-state index contributed by atoms with van der Waals surface area (Å²) in [7, 11) is 3.98. The van der Waals surface area contributed by atoms with E-state index in [1.165, 1.54) is 11.3 Å². The number of carbonyl (C=O) groups excluding carboxylic acids is 2. The Bertz CT molecular complexity index is 1600. The fraction of sp³-hybridized carbons (Fsp3) is 0.276. The van der Waals surface area contributed by atoms with E-state index >= 15 is 0 Å². The molecule has 2 aromatic carbocycles. The number of primary amides is 1. The summed E-state index contributed by atoms with van der Waals surface area (Å²) in [6.45, 7) is 7.02. The summed E-state index contributed by atoms with van der Waals surface area (Å²) in [6, 6.07) is 16.6. The molecule has 4 N–H and O–H groups in total. The van der Waals surface area contributed by atoms with Crippen molar-refractivity contribution in [3.05, 3.63) is 70.1 Å². The molecule has 0 aliphatic heterocycles. The van der Waals surface area contributed by atoms with Crippen molar-refractivity contribution in [3.63, 3.8) is 0 Å². The number of likely N-dealkylation sites (N-methyl/N-ethyl adjacent to an activating group) is 1. The number of nitriles is 1. The zero-order chi connectivity index (χ0) is 28.3. The van der Waals surface area contributed by atoms with Crippen LogP contribution in [0.1, 0.15) is 45.0 Å². The van der Waals surface area contributed by atoms with Gasteiger partial charge in [0, 0.05) is 29.9 Å². The molecule has 4 rings (SSSR count). The highest BCUT2D eigenvalue weighted by molar-refractivity contribution is 7.20. The highest BCUT2D eigenvalue weighted by Gasteiger charge is 2.21. The summed E-state index contributed by atoms with van der Waals surface area (Å²) in [5.74, 6) is -0.220. The van der Waals surface area contributed by atoms with E-state index < -0.39 is 11.3 Å². The number of carbonyl (C=O) groups is 2. The number of nitrogens with two attached hydrogens (primary N) is 1. The molecule has 0 saturated heterocycles. The topological polar surface area (TPSA) is 137 Å². The molecular weight excluding hydrogens is 510 g/mol. The number of hydrogen-bond donors (Lipinski definition) is 3. The molecule has 0 spiro atoms. The Balaban J connectivity index is 1.71. The molecule has 10 heteroatoms. The molecule has 0 unspecified atom stereocenters. The Kier molecular flexibility index (Phi) is 7.95. The molecular formula is C29H31N7O2S. The number of aryl methyl sites for hydroxylation is 1. The minimum Gasteiger partial charge on any atom is -0.367 e. The average Bonchev–Trinajstić information content (AvgIpc) is 3.33. The monoisotopic (exact) mass is 541 g/mol. The van der Waals surface area contributed by atoms with E-state index in [-0.39, 0.29) is 5.91 Å². The van der Waals surface area contributed by atoms with Gasteiger partial charge in [-0.3, -0.25) is 9.59 Å². The van der Waals surface area contributed by atoms with Gasteiger partial charge in [-0.15, -0.1) is 11.3 Å². The van der Waals surface area contributed by atoms with Crippen molar-refractivity contribution in [2.75, 3.05) is 37.8 Å². The van der Waals surface area contributed by atoms with Crippen LogP contribution in [0.15, 0.2) is 48.5 Å². The van der Waals surface area contributed by atoms with Crippen molar-refractivity contribution in [2.24, 2.45) is 5.73 Å². The van der Waals surface area contributed by atoms with Gasteiger partial charge in [-0.25, -0.2) is 9.97 Å². The third-order valence-corrected chi connectivity index (χ3v) is 7.37. The van der Waals surface area contributed by atoms with Gasteiger partial charge in [-0.1, -0.05) is 18.2 Å². The number of amides is 2. The Hall–Kier alpha value is -4.33. The maximum Gasteiger partial charge on any atom is 0.258 e. The number of rotatable bonds is 9. The fourth-order valence-electron chi connectivity index (χ4n) is 3.96. The maximum absolute atomic E-state index is 13.1. The van der Waals surface area contributed by atoms with E-state index in [1.807, 2.05) is 59.1 Å². The largest absolute Gasteiger partial charge is 0.367 e. The van der Waals surface area contributed by atoms with Gasteiger partial charge in [-0.2, -0.15) is 5.26 Å². The third-order valence-electron chi connectivity index (χ3n) is 6.33.